The number of benzene rings is 1. The van der Waals surface area contributed by atoms with E-state index in [1.54, 1.807) is 11.7 Å². The highest BCUT2D eigenvalue weighted by atomic mass is 35.5. The number of hydroxylamine groups is 1. The third-order valence-electron chi connectivity index (χ3n) is 4.28. The van der Waals surface area contributed by atoms with Gasteiger partial charge in [0, 0.05) is 35.5 Å². The number of ether oxygens (including phenoxy) is 1. The topological polar surface area (TPSA) is 76.4 Å². The van der Waals surface area contributed by atoms with Gasteiger partial charge in [-0.1, -0.05) is 23.7 Å². The highest BCUT2D eigenvalue weighted by Crippen LogP contribution is 2.30. The number of carbonyl (C=O) groups is 1. The number of aromatic nitrogens is 2. The van der Waals surface area contributed by atoms with Crippen LogP contribution in [0.1, 0.15) is 50.4 Å². The average Bonchev–Trinajstić information content (AvgIpc) is 3.10. The Hall–Kier alpha value is -1.89. The Morgan fingerprint density at radius 3 is 2.58 bits per heavy atom. The van der Waals surface area contributed by atoms with Crippen LogP contribution in [0.5, 0.6) is 0 Å². The molecule has 1 heterocycles. The third-order valence-corrected chi connectivity index (χ3v) is 4.53. The van der Waals surface area contributed by atoms with Gasteiger partial charge in [-0.3, -0.25) is 14.7 Å². The van der Waals surface area contributed by atoms with Gasteiger partial charge in [0.2, 0.25) is 5.91 Å². The minimum atomic E-state index is -0.472. The van der Waals surface area contributed by atoms with Crippen molar-refractivity contribution in [2.45, 2.75) is 51.7 Å². The van der Waals surface area contributed by atoms with Gasteiger partial charge in [0.05, 0.1) is 12.5 Å². The van der Waals surface area contributed by atoms with Gasteiger partial charge < -0.3 is 4.74 Å². The summed E-state index contributed by atoms with van der Waals surface area (Å²) >= 11 is 5.99. The molecule has 7 heteroatoms. The van der Waals surface area contributed by atoms with Crippen LogP contribution in [0.25, 0.3) is 0 Å². The van der Waals surface area contributed by atoms with Crippen LogP contribution < -0.4 is 5.48 Å². The summed E-state index contributed by atoms with van der Waals surface area (Å²) in [5, 5.41) is 14.0. The molecule has 0 aliphatic heterocycles. The van der Waals surface area contributed by atoms with Gasteiger partial charge in [-0.15, -0.1) is 0 Å². The molecule has 0 aliphatic carbocycles. The van der Waals surface area contributed by atoms with E-state index in [0.29, 0.717) is 18.1 Å². The van der Waals surface area contributed by atoms with Gasteiger partial charge in [-0.05, 0) is 51.0 Å². The van der Waals surface area contributed by atoms with Gasteiger partial charge in [-0.2, -0.15) is 5.10 Å². The highest BCUT2D eigenvalue weighted by molar-refractivity contribution is 6.30. The number of hydrogen-bond acceptors (Lipinski definition) is 4. The molecule has 0 radical (unpaired) electrons. The molecule has 0 fully saturated rings. The lowest BCUT2D eigenvalue weighted by Gasteiger charge is -2.28. The van der Waals surface area contributed by atoms with Crippen molar-refractivity contribution >= 4 is 17.5 Å². The Morgan fingerprint density at radius 2 is 2.00 bits per heavy atom. The molecule has 0 saturated carbocycles. The summed E-state index contributed by atoms with van der Waals surface area (Å²) in [4.78, 5) is 11.8. The summed E-state index contributed by atoms with van der Waals surface area (Å²) in [5.74, 6) is -0.571. The maximum Gasteiger partial charge on any atom is 0.245 e. The minimum Gasteiger partial charge on any atom is -0.377 e. The maximum atomic E-state index is 11.8. The smallest absolute Gasteiger partial charge is 0.245 e. The first kappa shape index (κ1) is 20.4. The molecular weight excluding hydrogens is 354 g/mol. The number of rotatable bonds is 9. The zero-order chi connectivity index (χ0) is 19.1. The predicted molar refractivity (Wildman–Crippen MR) is 100 cm³/mol. The molecule has 0 aliphatic rings. The molecule has 1 amide bonds. The van der Waals surface area contributed by atoms with Crippen LogP contribution in [-0.2, 0) is 16.0 Å². The zero-order valence-corrected chi connectivity index (χ0v) is 16.1. The van der Waals surface area contributed by atoms with Crippen LogP contribution >= 0.6 is 11.6 Å². The van der Waals surface area contributed by atoms with E-state index in [1.807, 2.05) is 41.9 Å². The zero-order valence-electron chi connectivity index (χ0n) is 15.4. The fourth-order valence-corrected chi connectivity index (χ4v) is 3.24. The van der Waals surface area contributed by atoms with Crippen LogP contribution in [0.3, 0.4) is 0 Å². The molecule has 2 rings (SSSR count). The van der Waals surface area contributed by atoms with Crippen molar-refractivity contribution in [3.05, 3.63) is 52.8 Å². The Balaban J connectivity index is 2.39. The molecule has 2 aromatic rings. The monoisotopic (exact) mass is 379 g/mol. The first-order valence-electron chi connectivity index (χ1n) is 8.78. The van der Waals surface area contributed by atoms with E-state index < -0.39 is 12.0 Å². The SMILES string of the molecule is CCOC(CC(=O)NO)C(Cc1ccc(Cl)cc1)c1ccnn1C(C)C. The Morgan fingerprint density at radius 1 is 1.31 bits per heavy atom. The number of amides is 1. The van der Waals surface area contributed by atoms with Crippen LogP contribution in [0.2, 0.25) is 5.02 Å². The van der Waals surface area contributed by atoms with Crippen LogP contribution in [-0.4, -0.2) is 33.6 Å². The van der Waals surface area contributed by atoms with Gasteiger partial charge in [0.25, 0.3) is 0 Å². The van der Waals surface area contributed by atoms with Crippen LogP contribution in [0.4, 0.5) is 0 Å². The van der Waals surface area contributed by atoms with Crippen molar-refractivity contribution in [1.82, 2.24) is 15.3 Å². The minimum absolute atomic E-state index is 0.0614. The van der Waals surface area contributed by atoms with E-state index in [-0.39, 0.29) is 18.4 Å². The van der Waals surface area contributed by atoms with Gasteiger partial charge >= 0.3 is 0 Å². The maximum absolute atomic E-state index is 11.8. The molecule has 1 aromatic heterocycles. The normalized spacial score (nSPS) is 13.6. The van der Waals surface area contributed by atoms with E-state index in [2.05, 4.69) is 18.9 Å². The van der Waals surface area contributed by atoms with Crippen molar-refractivity contribution in [1.29, 1.82) is 0 Å². The fraction of sp³-hybridized carbons (Fsp3) is 0.474. The van der Waals surface area contributed by atoms with E-state index in [0.717, 1.165) is 11.3 Å². The molecular formula is C19H26ClN3O3. The van der Waals surface area contributed by atoms with Gasteiger partial charge in [0.1, 0.15) is 0 Å². The molecule has 26 heavy (non-hydrogen) atoms. The van der Waals surface area contributed by atoms with Crippen LogP contribution in [0, 0.1) is 0 Å². The molecule has 2 N–H and O–H groups in total. The quantitative estimate of drug-likeness (QED) is 0.514. The molecule has 142 valence electrons. The second-order valence-corrected chi connectivity index (χ2v) is 6.90. The molecule has 0 bridgehead atoms. The third kappa shape index (κ3) is 5.30. The van der Waals surface area contributed by atoms with Crippen molar-refractivity contribution in [3.63, 3.8) is 0 Å². The second-order valence-electron chi connectivity index (χ2n) is 6.46. The van der Waals surface area contributed by atoms with Gasteiger partial charge in [-0.25, -0.2) is 5.48 Å². The number of nitrogens with zero attached hydrogens (tertiary/aromatic N) is 2. The summed E-state index contributed by atoms with van der Waals surface area (Å²) < 4.78 is 7.84. The lowest BCUT2D eigenvalue weighted by atomic mass is 9.88. The lowest BCUT2D eigenvalue weighted by Crippen LogP contribution is -2.33. The largest absolute Gasteiger partial charge is 0.377 e. The predicted octanol–water partition coefficient (Wildman–Crippen LogP) is 3.74. The first-order chi connectivity index (χ1) is 12.5. The number of nitrogens with one attached hydrogen (secondary N) is 1. The summed E-state index contributed by atoms with van der Waals surface area (Å²) in [6.45, 7) is 6.48. The summed E-state index contributed by atoms with van der Waals surface area (Å²) in [6, 6.07) is 9.79. The van der Waals surface area contributed by atoms with E-state index in [1.165, 1.54) is 0 Å². The van der Waals surface area contributed by atoms with E-state index in [9.17, 15) is 4.79 Å². The highest BCUT2D eigenvalue weighted by Gasteiger charge is 2.29. The fourth-order valence-electron chi connectivity index (χ4n) is 3.11. The number of hydrogen-bond donors (Lipinski definition) is 2. The Labute approximate surface area is 159 Å². The van der Waals surface area contributed by atoms with Crippen molar-refractivity contribution in [3.8, 4) is 0 Å². The van der Waals surface area contributed by atoms with Crippen molar-refractivity contribution < 1.29 is 14.7 Å². The summed E-state index contributed by atoms with van der Waals surface area (Å²) in [7, 11) is 0. The number of halogens is 1. The van der Waals surface area contributed by atoms with Crippen molar-refractivity contribution in [2.24, 2.45) is 0 Å². The molecule has 6 nitrogen and oxygen atoms in total. The summed E-state index contributed by atoms with van der Waals surface area (Å²) in [5.41, 5.74) is 3.79. The second kappa shape index (κ2) is 9.71. The Bertz CT molecular complexity index is 700. The first-order valence-corrected chi connectivity index (χ1v) is 9.16. The number of carbonyl (C=O) groups excluding carboxylic acids is 1. The molecule has 0 spiro atoms. The Kier molecular flexibility index (Phi) is 7.63. The van der Waals surface area contributed by atoms with Crippen molar-refractivity contribution in [2.75, 3.05) is 6.61 Å². The van der Waals surface area contributed by atoms with Gasteiger partial charge in [0.15, 0.2) is 0 Å². The standard InChI is InChI=1S/C19H26ClN3O3/c1-4-26-18(12-19(24)22-25)16(11-14-5-7-15(20)8-6-14)17-9-10-21-23(17)13(2)3/h5-10,13,16,18,25H,4,11-12H2,1-3H3,(H,22,24). The average molecular weight is 380 g/mol. The molecule has 1 aromatic carbocycles. The van der Waals surface area contributed by atoms with E-state index >= 15 is 0 Å². The summed E-state index contributed by atoms with van der Waals surface area (Å²) in [6.07, 6.45) is 2.10. The van der Waals surface area contributed by atoms with E-state index in [4.69, 9.17) is 21.5 Å². The molecule has 2 atom stereocenters. The lowest BCUT2D eigenvalue weighted by molar-refractivity contribution is -0.132. The molecule has 0 saturated heterocycles. The molecule has 2 unspecified atom stereocenters. The van der Waals surface area contributed by atoms with Crippen LogP contribution in [0.15, 0.2) is 36.5 Å².